The Hall–Kier alpha value is -1.51. The monoisotopic (exact) mass is 235 g/mol. The number of rotatable bonds is 6. The van der Waals surface area contributed by atoms with E-state index in [2.05, 4.69) is 32.0 Å². The highest BCUT2D eigenvalue weighted by molar-refractivity contribution is 5.64. The number of nitrogens with two attached hydrogens (primary N) is 1. The summed E-state index contributed by atoms with van der Waals surface area (Å²) in [6.45, 7) is 4.17. The molecule has 3 nitrogen and oxygen atoms in total. The van der Waals surface area contributed by atoms with Gasteiger partial charge in [-0.1, -0.05) is 49.6 Å². The molecule has 0 bridgehead atoms. The van der Waals surface area contributed by atoms with Crippen LogP contribution in [0.5, 0.6) is 0 Å². The van der Waals surface area contributed by atoms with Crippen molar-refractivity contribution in [2.24, 2.45) is 5.73 Å². The lowest BCUT2D eigenvalue weighted by Crippen LogP contribution is -2.24. The molecule has 1 unspecified atom stereocenters. The molecule has 0 aliphatic rings. The zero-order chi connectivity index (χ0) is 12.7. The summed E-state index contributed by atoms with van der Waals surface area (Å²) in [5.41, 5.74) is 7.49. The molecular formula is C14H21NO2. The molecule has 17 heavy (non-hydrogen) atoms. The molecule has 0 spiro atoms. The Bertz CT molecular complexity index is 363. The lowest BCUT2D eigenvalue weighted by Gasteiger charge is -2.16. The quantitative estimate of drug-likeness (QED) is 0.823. The smallest absolute Gasteiger partial charge is 0.404 e. The van der Waals surface area contributed by atoms with Crippen LogP contribution in [0, 0.1) is 6.92 Å². The third-order valence-electron chi connectivity index (χ3n) is 2.71. The Morgan fingerprint density at radius 3 is 2.82 bits per heavy atom. The predicted octanol–water partition coefficient (Wildman–Crippen LogP) is 3.19. The number of carbonyl (C=O) groups is 1. The van der Waals surface area contributed by atoms with Gasteiger partial charge in [-0.3, -0.25) is 0 Å². The molecule has 0 radical (unpaired) electrons. The average Bonchev–Trinajstić information content (AvgIpc) is 2.25. The first-order valence-corrected chi connectivity index (χ1v) is 6.13. The average molecular weight is 235 g/mol. The second-order valence-electron chi connectivity index (χ2n) is 4.39. The summed E-state index contributed by atoms with van der Waals surface area (Å²) in [7, 11) is 0. The Morgan fingerprint density at radius 1 is 1.47 bits per heavy atom. The van der Waals surface area contributed by atoms with Gasteiger partial charge in [0.05, 0.1) is 0 Å². The van der Waals surface area contributed by atoms with Gasteiger partial charge in [0, 0.05) is 6.42 Å². The fraction of sp³-hybridized carbons (Fsp3) is 0.500. The maximum Gasteiger partial charge on any atom is 0.404 e. The zero-order valence-corrected chi connectivity index (χ0v) is 10.6. The minimum atomic E-state index is -0.682. The van der Waals surface area contributed by atoms with Crippen LogP contribution >= 0.6 is 0 Å². The highest BCUT2D eigenvalue weighted by Gasteiger charge is 2.12. The molecule has 3 heteroatoms. The van der Waals surface area contributed by atoms with Crippen molar-refractivity contribution in [2.75, 3.05) is 0 Å². The third kappa shape index (κ3) is 5.38. The van der Waals surface area contributed by atoms with E-state index >= 15 is 0 Å². The summed E-state index contributed by atoms with van der Waals surface area (Å²) in [6, 6.07) is 8.24. The van der Waals surface area contributed by atoms with Gasteiger partial charge in [-0.2, -0.15) is 0 Å². The summed E-state index contributed by atoms with van der Waals surface area (Å²) < 4.78 is 5.14. The number of ether oxygens (including phenoxy) is 1. The maximum atomic E-state index is 10.8. The van der Waals surface area contributed by atoms with Crippen LogP contribution in [0.3, 0.4) is 0 Å². The number of benzene rings is 1. The van der Waals surface area contributed by atoms with Gasteiger partial charge in [0.1, 0.15) is 6.10 Å². The topological polar surface area (TPSA) is 52.3 Å². The molecule has 2 N–H and O–H groups in total. The van der Waals surface area contributed by atoms with Gasteiger partial charge in [-0.15, -0.1) is 0 Å². The molecule has 94 valence electrons. The molecule has 0 aliphatic carbocycles. The van der Waals surface area contributed by atoms with Crippen LogP contribution in [-0.2, 0) is 11.2 Å². The van der Waals surface area contributed by atoms with E-state index in [0.29, 0.717) is 0 Å². The van der Waals surface area contributed by atoms with Crippen LogP contribution in [0.1, 0.15) is 37.3 Å². The lowest BCUT2D eigenvalue weighted by molar-refractivity contribution is 0.0997. The van der Waals surface area contributed by atoms with Crippen LogP contribution in [0.4, 0.5) is 4.79 Å². The Kier molecular flexibility index (Phi) is 5.53. The van der Waals surface area contributed by atoms with Crippen molar-refractivity contribution < 1.29 is 9.53 Å². The van der Waals surface area contributed by atoms with E-state index in [0.717, 1.165) is 25.7 Å². The van der Waals surface area contributed by atoms with E-state index in [1.165, 1.54) is 11.1 Å². The lowest BCUT2D eigenvalue weighted by atomic mass is 10.0. The molecule has 0 saturated carbocycles. The van der Waals surface area contributed by atoms with Crippen LogP contribution in [0.25, 0.3) is 0 Å². The third-order valence-corrected chi connectivity index (χ3v) is 2.71. The predicted molar refractivity (Wildman–Crippen MR) is 68.9 cm³/mol. The first kappa shape index (κ1) is 13.6. The van der Waals surface area contributed by atoms with Crippen LogP contribution in [-0.4, -0.2) is 12.2 Å². The van der Waals surface area contributed by atoms with Crippen molar-refractivity contribution in [1.82, 2.24) is 0 Å². The number of amides is 1. The largest absolute Gasteiger partial charge is 0.446 e. The van der Waals surface area contributed by atoms with Crippen LogP contribution in [0.15, 0.2) is 24.3 Å². The standard InChI is InChI=1S/C14H21NO2/c1-3-4-8-13(17-14(15)16)10-12-7-5-6-11(2)9-12/h5-7,9,13H,3-4,8,10H2,1-2H3,(H2,15,16). The van der Waals surface area contributed by atoms with Crippen molar-refractivity contribution in [2.45, 2.75) is 45.6 Å². The molecule has 1 atom stereocenters. The highest BCUT2D eigenvalue weighted by atomic mass is 16.6. The van der Waals surface area contributed by atoms with Crippen LogP contribution in [0.2, 0.25) is 0 Å². The Morgan fingerprint density at radius 2 is 2.24 bits per heavy atom. The Balaban J connectivity index is 2.61. The first-order valence-electron chi connectivity index (χ1n) is 6.13. The van der Waals surface area contributed by atoms with Gasteiger partial charge >= 0.3 is 6.09 Å². The van der Waals surface area contributed by atoms with Crippen molar-refractivity contribution in [3.63, 3.8) is 0 Å². The van der Waals surface area contributed by atoms with Crippen molar-refractivity contribution in [1.29, 1.82) is 0 Å². The molecule has 0 saturated heterocycles. The highest BCUT2D eigenvalue weighted by Crippen LogP contribution is 2.13. The minimum Gasteiger partial charge on any atom is -0.446 e. The number of aryl methyl sites for hydroxylation is 1. The number of primary amides is 1. The summed E-state index contributed by atoms with van der Waals surface area (Å²) in [4.78, 5) is 10.8. The van der Waals surface area contributed by atoms with Gasteiger partial charge in [0.25, 0.3) is 0 Å². The SMILES string of the molecule is CCCCC(Cc1cccc(C)c1)OC(N)=O. The van der Waals surface area contributed by atoms with Crippen LogP contribution < -0.4 is 5.73 Å². The minimum absolute atomic E-state index is 0.103. The molecule has 0 aliphatic heterocycles. The van der Waals surface area contributed by atoms with Crippen molar-refractivity contribution in [3.8, 4) is 0 Å². The summed E-state index contributed by atoms with van der Waals surface area (Å²) >= 11 is 0. The van der Waals surface area contributed by atoms with Gasteiger partial charge in [0.15, 0.2) is 0 Å². The van der Waals surface area contributed by atoms with E-state index in [9.17, 15) is 4.79 Å². The zero-order valence-electron chi connectivity index (χ0n) is 10.6. The first-order chi connectivity index (χ1) is 8.11. The molecular weight excluding hydrogens is 214 g/mol. The fourth-order valence-corrected chi connectivity index (χ4v) is 1.90. The molecule has 1 rings (SSSR count). The normalized spacial score (nSPS) is 12.1. The Labute approximate surface area is 103 Å². The molecule has 0 fully saturated rings. The van der Waals surface area contributed by atoms with E-state index in [1.807, 2.05) is 6.07 Å². The van der Waals surface area contributed by atoms with E-state index in [1.54, 1.807) is 0 Å². The fourth-order valence-electron chi connectivity index (χ4n) is 1.90. The summed E-state index contributed by atoms with van der Waals surface area (Å²) in [5, 5.41) is 0. The second-order valence-corrected chi connectivity index (χ2v) is 4.39. The molecule has 1 aromatic carbocycles. The summed E-state index contributed by atoms with van der Waals surface area (Å²) in [6.07, 6.45) is 2.96. The maximum absolute atomic E-state index is 10.8. The molecule has 1 aromatic rings. The van der Waals surface area contributed by atoms with E-state index in [4.69, 9.17) is 10.5 Å². The number of carbonyl (C=O) groups excluding carboxylic acids is 1. The van der Waals surface area contributed by atoms with Gasteiger partial charge in [-0.05, 0) is 18.9 Å². The molecule has 0 heterocycles. The van der Waals surface area contributed by atoms with Gasteiger partial charge in [-0.25, -0.2) is 4.79 Å². The van der Waals surface area contributed by atoms with Gasteiger partial charge in [0.2, 0.25) is 0 Å². The van der Waals surface area contributed by atoms with E-state index < -0.39 is 6.09 Å². The number of unbranched alkanes of at least 4 members (excludes halogenated alkanes) is 1. The number of hydrogen-bond donors (Lipinski definition) is 1. The molecule has 0 aromatic heterocycles. The van der Waals surface area contributed by atoms with E-state index in [-0.39, 0.29) is 6.10 Å². The molecule has 1 amide bonds. The van der Waals surface area contributed by atoms with Crippen molar-refractivity contribution in [3.05, 3.63) is 35.4 Å². The van der Waals surface area contributed by atoms with Crippen molar-refractivity contribution >= 4 is 6.09 Å². The number of hydrogen-bond acceptors (Lipinski definition) is 2. The van der Waals surface area contributed by atoms with Gasteiger partial charge < -0.3 is 10.5 Å². The second kappa shape index (κ2) is 6.94. The summed E-state index contributed by atoms with van der Waals surface area (Å²) in [5.74, 6) is 0.